The monoisotopic (exact) mass is 251 g/mol. The summed E-state index contributed by atoms with van der Waals surface area (Å²) in [5.41, 5.74) is 2.33. The molecule has 18 heavy (non-hydrogen) atoms. The third-order valence-corrected chi connectivity index (χ3v) is 3.08. The highest BCUT2D eigenvalue weighted by atomic mass is 16.3. The molecule has 1 rings (SSSR count). The first-order chi connectivity index (χ1) is 8.45. The minimum atomic E-state index is 0.0795. The van der Waals surface area contributed by atoms with Crippen molar-refractivity contribution in [3.63, 3.8) is 0 Å². The fraction of sp³-hybridized carbons (Fsp3) is 0.643. The van der Waals surface area contributed by atoms with Crippen LogP contribution >= 0.6 is 0 Å². The third kappa shape index (κ3) is 3.96. The van der Waals surface area contributed by atoms with E-state index >= 15 is 0 Å². The highest BCUT2D eigenvalue weighted by Crippen LogP contribution is 2.18. The van der Waals surface area contributed by atoms with Gasteiger partial charge in [0, 0.05) is 25.8 Å². The van der Waals surface area contributed by atoms with Gasteiger partial charge in [0.15, 0.2) is 0 Å². The van der Waals surface area contributed by atoms with Gasteiger partial charge in [-0.05, 0) is 31.0 Å². The van der Waals surface area contributed by atoms with Crippen molar-refractivity contribution in [2.45, 2.75) is 46.3 Å². The van der Waals surface area contributed by atoms with Crippen LogP contribution < -0.4 is 10.2 Å². The maximum Gasteiger partial charge on any atom is 0.131 e. The van der Waals surface area contributed by atoms with Gasteiger partial charge in [0.2, 0.25) is 0 Å². The van der Waals surface area contributed by atoms with E-state index in [-0.39, 0.29) is 12.6 Å². The molecule has 0 amide bonds. The zero-order chi connectivity index (χ0) is 13.7. The number of hydrogen-bond donors (Lipinski definition) is 2. The van der Waals surface area contributed by atoms with Crippen LogP contribution in [0.3, 0.4) is 0 Å². The summed E-state index contributed by atoms with van der Waals surface area (Å²) in [6, 6.07) is 2.70. The molecule has 0 saturated carbocycles. The molecular formula is C14H25N3O. The van der Waals surface area contributed by atoms with Gasteiger partial charge in [-0.2, -0.15) is 0 Å². The molecule has 1 unspecified atom stereocenters. The Kier molecular flexibility index (Phi) is 5.56. The average molecular weight is 251 g/mol. The number of anilines is 1. The average Bonchev–Trinajstić information content (AvgIpc) is 2.34. The molecule has 0 fully saturated rings. The van der Waals surface area contributed by atoms with Crippen molar-refractivity contribution < 1.29 is 5.11 Å². The Balaban J connectivity index is 2.79. The van der Waals surface area contributed by atoms with Crippen LogP contribution in [0.25, 0.3) is 0 Å². The molecule has 0 aliphatic carbocycles. The molecule has 4 nitrogen and oxygen atoms in total. The predicted molar refractivity (Wildman–Crippen MR) is 75.9 cm³/mol. The van der Waals surface area contributed by atoms with E-state index in [1.165, 1.54) is 5.56 Å². The van der Waals surface area contributed by atoms with E-state index in [2.05, 4.69) is 37.1 Å². The molecule has 0 bridgehead atoms. The number of hydrogen-bond acceptors (Lipinski definition) is 4. The Morgan fingerprint density at radius 1 is 1.39 bits per heavy atom. The number of aliphatic hydroxyl groups excluding tert-OH is 1. The van der Waals surface area contributed by atoms with E-state index < -0.39 is 0 Å². The van der Waals surface area contributed by atoms with Gasteiger partial charge in [0.1, 0.15) is 5.82 Å². The summed E-state index contributed by atoms with van der Waals surface area (Å²) >= 11 is 0. The Morgan fingerprint density at radius 2 is 2.06 bits per heavy atom. The number of nitrogens with zero attached hydrogens (tertiary/aromatic N) is 2. The summed E-state index contributed by atoms with van der Waals surface area (Å²) in [4.78, 5) is 6.51. The van der Waals surface area contributed by atoms with Gasteiger partial charge in [-0.15, -0.1) is 0 Å². The zero-order valence-corrected chi connectivity index (χ0v) is 12.1. The molecule has 0 saturated heterocycles. The minimum Gasteiger partial charge on any atom is -0.394 e. The largest absolute Gasteiger partial charge is 0.394 e. The van der Waals surface area contributed by atoms with Crippen molar-refractivity contribution in [2.75, 3.05) is 18.6 Å². The van der Waals surface area contributed by atoms with Gasteiger partial charge in [0.25, 0.3) is 0 Å². The minimum absolute atomic E-state index is 0.0795. The van der Waals surface area contributed by atoms with Crippen molar-refractivity contribution >= 4 is 5.82 Å². The zero-order valence-electron chi connectivity index (χ0n) is 12.1. The number of aryl methyl sites for hydroxylation is 1. The first kappa shape index (κ1) is 14.9. The molecule has 0 spiro atoms. The van der Waals surface area contributed by atoms with E-state index in [4.69, 9.17) is 0 Å². The van der Waals surface area contributed by atoms with Gasteiger partial charge in [-0.1, -0.05) is 13.8 Å². The second-order valence-corrected chi connectivity index (χ2v) is 5.16. The molecule has 1 atom stereocenters. The molecular weight excluding hydrogens is 226 g/mol. The van der Waals surface area contributed by atoms with Crippen molar-refractivity contribution in [2.24, 2.45) is 0 Å². The lowest BCUT2D eigenvalue weighted by atomic mass is 10.1. The molecule has 102 valence electrons. The summed E-state index contributed by atoms with van der Waals surface area (Å²) in [5, 5.41) is 12.6. The molecule has 0 aliphatic rings. The third-order valence-electron chi connectivity index (χ3n) is 3.08. The fourth-order valence-corrected chi connectivity index (χ4v) is 1.74. The number of rotatable bonds is 6. The van der Waals surface area contributed by atoms with Crippen LogP contribution in [0.2, 0.25) is 0 Å². The number of pyridine rings is 1. The highest BCUT2D eigenvalue weighted by molar-refractivity contribution is 5.47. The lowest BCUT2D eigenvalue weighted by molar-refractivity contribution is 0.269. The van der Waals surface area contributed by atoms with Crippen LogP contribution in [-0.4, -0.2) is 35.8 Å². The van der Waals surface area contributed by atoms with E-state index in [1.54, 1.807) is 0 Å². The van der Waals surface area contributed by atoms with E-state index in [9.17, 15) is 5.11 Å². The first-order valence-electron chi connectivity index (χ1n) is 6.48. The summed E-state index contributed by atoms with van der Waals surface area (Å²) < 4.78 is 0. The van der Waals surface area contributed by atoms with Gasteiger partial charge in [-0.3, -0.25) is 0 Å². The molecule has 1 aromatic rings. The van der Waals surface area contributed by atoms with E-state index in [0.717, 1.165) is 17.9 Å². The summed E-state index contributed by atoms with van der Waals surface area (Å²) in [7, 11) is 1.96. The lowest BCUT2D eigenvalue weighted by Crippen LogP contribution is -2.33. The number of aromatic nitrogens is 1. The number of aliphatic hydroxyl groups is 1. The molecule has 4 heteroatoms. The van der Waals surface area contributed by atoms with Crippen LogP contribution in [0.1, 0.15) is 31.9 Å². The van der Waals surface area contributed by atoms with Crippen LogP contribution in [-0.2, 0) is 6.54 Å². The van der Waals surface area contributed by atoms with Gasteiger partial charge in [-0.25, -0.2) is 4.98 Å². The summed E-state index contributed by atoms with van der Waals surface area (Å²) in [5.74, 6) is 0.935. The van der Waals surface area contributed by atoms with Gasteiger partial charge < -0.3 is 15.3 Å². The Labute approximate surface area is 110 Å². The van der Waals surface area contributed by atoms with Crippen molar-refractivity contribution in [3.8, 4) is 0 Å². The van der Waals surface area contributed by atoms with E-state index in [0.29, 0.717) is 6.04 Å². The standard InChI is InChI=1S/C14H25N3O/c1-10(2)15-7-13-6-11(3)14(16-8-13)17(5)12(4)9-18/h6,8,10,12,15,18H,7,9H2,1-5H3. The maximum absolute atomic E-state index is 9.18. The maximum atomic E-state index is 9.18. The fourth-order valence-electron chi connectivity index (χ4n) is 1.74. The normalized spacial score (nSPS) is 12.8. The number of likely N-dealkylation sites (N-methyl/N-ethyl adjacent to an activating group) is 1. The Hall–Kier alpha value is -1.13. The van der Waals surface area contributed by atoms with Crippen molar-refractivity contribution in [1.29, 1.82) is 0 Å². The molecule has 0 aliphatic heterocycles. The SMILES string of the molecule is Cc1cc(CNC(C)C)cnc1N(C)C(C)CO. The molecule has 1 heterocycles. The summed E-state index contributed by atoms with van der Waals surface area (Å²) in [6.07, 6.45) is 1.90. The topological polar surface area (TPSA) is 48.4 Å². The molecule has 0 aromatic carbocycles. The van der Waals surface area contributed by atoms with Gasteiger partial charge in [0.05, 0.1) is 12.6 Å². The molecule has 0 radical (unpaired) electrons. The number of nitrogens with one attached hydrogen (secondary N) is 1. The quantitative estimate of drug-likeness (QED) is 0.808. The highest BCUT2D eigenvalue weighted by Gasteiger charge is 2.12. The van der Waals surface area contributed by atoms with Crippen LogP contribution in [0.15, 0.2) is 12.3 Å². The molecule has 2 N–H and O–H groups in total. The second kappa shape index (κ2) is 6.71. The van der Waals surface area contributed by atoms with Gasteiger partial charge >= 0.3 is 0 Å². The predicted octanol–water partition coefficient (Wildman–Crippen LogP) is 1.71. The van der Waals surface area contributed by atoms with Crippen molar-refractivity contribution in [1.82, 2.24) is 10.3 Å². The van der Waals surface area contributed by atoms with Crippen molar-refractivity contribution in [3.05, 3.63) is 23.4 Å². The van der Waals surface area contributed by atoms with Crippen LogP contribution in [0.4, 0.5) is 5.82 Å². The molecule has 1 aromatic heterocycles. The Bertz CT molecular complexity index is 379. The summed E-state index contributed by atoms with van der Waals surface area (Å²) in [6.45, 7) is 9.27. The van der Waals surface area contributed by atoms with E-state index in [1.807, 2.05) is 25.1 Å². The second-order valence-electron chi connectivity index (χ2n) is 5.16. The lowest BCUT2D eigenvalue weighted by Gasteiger charge is -2.26. The first-order valence-corrected chi connectivity index (χ1v) is 6.48. The van der Waals surface area contributed by atoms with Crippen LogP contribution in [0, 0.1) is 6.92 Å². The van der Waals surface area contributed by atoms with Crippen LogP contribution in [0.5, 0.6) is 0 Å². The Morgan fingerprint density at radius 3 is 2.56 bits per heavy atom. The smallest absolute Gasteiger partial charge is 0.131 e.